The molecule has 16 heteroatoms. The molecule has 0 saturated heterocycles. The molecular formula is C84H76B2Cl4N8O2. The molecule has 12 aromatic rings. The Balaban J connectivity index is 1.16. The van der Waals surface area contributed by atoms with E-state index in [4.69, 9.17) is 75.8 Å². The molecule has 0 unspecified atom stereocenters. The fourth-order valence-electron chi connectivity index (χ4n) is 13.5. The van der Waals surface area contributed by atoms with Crippen molar-refractivity contribution in [2.45, 2.75) is 110 Å². The third kappa shape index (κ3) is 16.1. The summed E-state index contributed by atoms with van der Waals surface area (Å²) >= 11 is 26.9. The molecule has 0 saturated carbocycles. The molecule has 4 aromatic heterocycles. The van der Waals surface area contributed by atoms with Gasteiger partial charge in [0.05, 0.1) is 78.8 Å². The second-order valence-corrected chi connectivity index (χ2v) is 26.7. The van der Waals surface area contributed by atoms with E-state index in [0.29, 0.717) is 88.6 Å². The van der Waals surface area contributed by atoms with Crippen LogP contribution in [0.1, 0.15) is 122 Å². The summed E-state index contributed by atoms with van der Waals surface area (Å²) in [6.45, 7) is 13.1. The second kappa shape index (κ2) is 34.4. The number of aromatic nitrogens is 6. The zero-order chi connectivity index (χ0) is 69.2. The summed E-state index contributed by atoms with van der Waals surface area (Å²) in [5, 5.41) is 16.0. The van der Waals surface area contributed by atoms with Crippen LogP contribution in [-0.4, -0.2) is 49.2 Å². The maximum Gasteiger partial charge on any atom is 0.328 e. The molecule has 0 amide bonds. The summed E-state index contributed by atoms with van der Waals surface area (Å²) in [4.78, 5) is 25.2. The van der Waals surface area contributed by atoms with E-state index in [9.17, 15) is 11.8 Å². The van der Waals surface area contributed by atoms with Gasteiger partial charge in [0.25, 0.3) is 0 Å². The lowest BCUT2D eigenvalue weighted by Gasteiger charge is -2.24. The fraction of sp³-hybridized carbons (Fsp3) is 0.214. The smallest absolute Gasteiger partial charge is 0.328 e. The van der Waals surface area contributed by atoms with Crippen LogP contribution in [0.25, 0.3) is 71.5 Å². The maximum absolute atomic E-state index is 12.6. The van der Waals surface area contributed by atoms with Crippen molar-refractivity contribution in [3.8, 4) is 40.1 Å². The minimum Gasteiger partial charge on any atom is -0.494 e. The van der Waals surface area contributed by atoms with Gasteiger partial charge in [-0.3, -0.25) is 15.0 Å². The number of hydrogen-bond acceptors (Lipinski definition) is 7. The van der Waals surface area contributed by atoms with Crippen molar-refractivity contribution in [2.75, 3.05) is 6.61 Å². The van der Waals surface area contributed by atoms with Crippen molar-refractivity contribution in [1.82, 2.24) is 28.9 Å². The Morgan fingerprint density at radius 1 is 0.500 bits per heavy atom. The largest absolute Gasteiger partial charge is 0.494 e. The average molecular weight is 1390 g/mol. The van der Waals surface area contributed by atoms with Gasteiger partial charge in [-0.25, -0.2) is 9.83 Å². The molecule has 0 aliphatic carbocycles. The predicted octanol–water partition coefficient (Wildman–Crippen LogP) is 19.1. The van der Waals surface area contributed by atoms with Gasteiger partial charge >= 0.3 is 13.7 Å². The fourth-order valence-corrected chi connectivity index (χ4v) is 14.1. The first-order valence-electron chi connectivity index (χ1n) is 34.7. The minimum absolute atomic E-state index is 0.161. The van der Waals surface area contributed by atoms with Crippen LogP contribution >= 0.6 is 46.4 Å². The Morgan fingerprint density at radius 3 is 1.40 bits per heavy atom. The van der Waals surface area contributed by atoms with E-state index in [-0.39, 0.29) is 32.7 Å². The Labute approximate surface area is 607 Å². The molecule has 100 heavy (non-hydrogen) atoms. The number of allylic oxidation sites excluding steroid dienone is 3. The number of fused-ring (bicyclic) bond motifs is 3. The molecule has 0 fully saturated rings. The standard InChI is InChI=1S/C84H76B2Cl4N8O2/c1-4-6-7-8-9-10-11-12-13-14-15-16-17-18-19-20-33-49-100-66-47-35-36-59(51-66)81-78-79(84(80(92-3)77-58-94-73-53-69(88)71(90)55-75(73)96-77)98(81)86(63-42-29-23-30-43-63)64-44-31-24-32-45-64)82(60-37-34-46-65(50-60)99-48-5-2)97(85(61-38-25-21-26-39-61)62-40-27-22-28-41-62)83(78)67(56-91)76-57-93-72-52-68(87)70(89)54-74(72)95-76/h5,12-13,21-32,34-48,50-55,57-58H,4,6-11,14-20,33,49H2,1-2H3/b13-12-,48-5?,83-67-,84-80+. The van der Waals surface area contributed by atoms with Crippen molar-refractivity contribution >= 4 is 126 Å². The molecule has 0 aliphatic heterocycles. The van der Waals surface area contributed by atoms with Gasteiger partial charge in [0, 0.05) is 44.8 Å². The summed E-state index contributed by atoms with van der Waals surface area (Å²) in [5.41, 5.74) is 9.13. The second-order valence-electron chi connectivity index (χ2n) is 25.1. The minimum atomic E-state index is -0.668. The summed E-state index contributed by atoms with van der Waals surface area (Å²) in [5.74, 6) is 1.21. The van der Waals surface area contributed by atoms with Gasteiger partial charge in [0.15, 0.2) is 0 Å². The number of unbranched alkanes of at least 4 members (excludes halogenated alkanes) is 13. The van der Waals surface area contributed by atoms with Gasteiger partial charge in [0.1, 0.15) is 28.8 Å². The van der Waals surface area contributed by atoms with Crippen LogP contribution in [0, 0.1) is 17.9 Å². The maximum atomic E-state index is 12.6. The van der Waals surface area contributed by atoms with Gasteiger partial charge < -0.3 is 18.4 Å². The lowest BCUT2D eigenvalue weighted by molar-refractivity contribution is 0.304. The topological polar surface area (TPSA) is 108 Å². The summed E-state index contributed by atoms with van der Waals surface area (Å²) in [7, 11) is 0. The van der Waals surface area contributed by atoms with Gasteiger partial charge in [-0.05, 0) is 87.6 Å². The normalized spacial score (nSPS) is 12.2. The Hall–Kier alpha value is -9.65. The summed E-state index contributed by atoms with van der Waals surface area (Å²) in [6.07, 6.45) is 29.8. The molecule has 498 valence electrons. The SMILES string of the molecule is [C-]#[N+]/C(c1cnc2cc(Cl)c(Cl)cc2n1)=c1\c2c(-c3cccc(OC=CC)c3)n(B(c3ccccc3)c3ccccc3)/c(=C(/C#N)c3cnc4cc(Cl)c(Cl)cc4n3)c2c(-c2cccc(OCCCCCCCCC/C=C\CCCCCCCC)c2)n1B(c1ccccc1)c1ccccc1. The number of rotatable bonds is 30. The predicted molar refractivity (Wildman–Crippen MR) is 418 cm³/mol. The molecule has 8 aromatic carbocycles. The molecule has 12 rings (SSSR count). The highest BCUT2D eigenvalue weighted by Gasteiger charge is 2.38. The zero-order valence-corrected chi connectivity index (χ0v) is 59.3. The Bertz CT molecular complexity index is 4920. The molecule has 0 radical (unpaired) electrons. The molecule has 0 atom stereocenters. The molecule has 0 aliphatic rings. The van der Waals surface area contributed by atoms with Gasteiger partial charge in [0.2, 0.25) is 5.70 Å². The number of nitrogens with zero attached hydrogens (tertiary/aromatic N) is 8. The first-order chi connectivity index (χ1) is 49.2. The van der Waals surface area contributed by atoms with Gasteiger partial charge in [-0.2, -0.15) is 5.26 Å². The van der Waals surface area contributed by atoms with Crippen LogP contribution < -0.4 is 42.0 Å². The van der Waals surface area contributed by atoms with Crippen molar-refractivity contribution in [1.29, 1.82) is 5.26 Å². The highest BCUT2D eigenvalue weighted by atomic mass is 35.5. The number of nitriles is 1. The van der Waals surface area contributed by atoms with Crippen LogP contribution in [0.2, 0.25) is 20.1 Å². The van der Waals surface area contributed by atoms with Crippen molar-refractivity contribution in [3.63, 3.8) is 0 Å². The zero-order valence-electron chi connectivity index (χ0n) is 56.3. The van der Waals surface area contributed by atoms with Crippen molar-refractivity contribution in [2.24, 2.45) is 0 Å². The molecule has 0 N–H and O–H groups in total. The number of benzene rings is 8. The molecular weight excluding hydrogens is 1320 g/mol. The van der Waals surface area contributed by atoms with E-state index in [1.165, 1.54) is 70.6 Å². The first kappa shape index (κ1) is 70.2. The van der Waals surface area contributed by atoms with E-state index >= 15 is 0 Å². The number of halogens is 4. The van der Waals surface area contributed by atoms with Crippen LogP contribution in [0.4, 0.5) is 0 Å². The third-order valence-corrected chi connectivity index (χ3v) is 19.7. The number of hydrogen-bond donors (Lipinski definition) is 0. The average Bonchev–Trinajstić information content (AvgIpc) is 1.52. The van der Waals surface area contributed by atoms with Gasteiger partial charge in [-0.1, -0.05) is 303 Å². The summed E-state index contributed by atoms with van der Waals surface area (Å²) in [6, 6.07) is 66.8. The first-order valence-corrected chi connectivity index (χ1v) is 36.2. The highest BCUT2D eigenvalue weighted by Crippen LogP contribution is 2.39. The van der Waals surface area contributed by atoms with E-state index in [1.54, 1.807) is 42.9 Å². The molecule has 10 nitrogen and oxygen atoms in total. The molecule has 0 spiro atoms. The van der Waals surface area contributed by atoms with E-state index in [1.807, 2.05) is 116 Å². The quantitative estimate of drug-likeness (QED) is 0.0145. The lowest BCUT2D eigenvalue weighted by atomic mass is 9.50. The molecule has 0 bridgehead atoms. The van der Waals surface area contributed by atoms with Crippen molar-refractivity contribution < 1.29 is 9.47 Å². The van der Waals surface area contributed by atoms with E-state index < -0.39 is 13.7 Å². The highest BCUT2D eigenvalue weighted by molar-refractivity contribution is 6.85. The third-order valence-electron chi connectivity index (χ3n) is 18.2. The lowest BCUT2D eigenvalue weighted by Crippen LogP contribution is -2.54. The summed E-state index contributed by atoms with van der Waals surface area (Å²) < 4.78 is 17.8. The van der Waals surface area contributed by atoms with Gasteiger partial charge in [-0.15, -0.1) is 0 Å². The van der Waals surface area contributed by atoms with E-state index in [0.717, 1.165) is 53.1 Å². The van der Waals surface area contributed by atoms with E-state index in [2.05, 4.69) is 106 Å². The molecule has 4 heterocycles. The van der Waals surface area contributed by atoms with Crippen molar-refractivity contribution in [3.05, 3.63) is 285 Å². The monoisotopic (exact) mass is 1390 g/mol. The van der Waals surface area contributed by atoms with Crippen LogP contribution in [0.5, 0.6) is 11.5 Å². The van der Waals surface area contributed by atoms with Crippen LogP contribution in [-0.2, 0) is 0 Å². The Morgan fingerprint density at radius 2 is 0.920 bits per heavy atom. The van der Waals surface area contributed by atoms with Crippen LogP contribution in [0.3, 0.4) is 0 Å². The number of ether oxygens (including phenoxy) is 2. The Kier molecular flexibility index (Phi) is 24.2. The van der Waals surface area contributed by atoms with Crippen LogP contribution in [0.15, 0.2) is 231 Å².